The van der Waals surface area contributed by atoms with Crippen molar-refractivity contribution in [1.82, 2.24) is 15.1 Å². The van der Waals surface area contributed by atoms with Gasteiger partial charge >= 0.3 is 0 Å². The van der Waals surface area contributed by atoms with E-state index in [0.717, 1.165) is 28.7 Å². The Hall–Kier alpha value is -1.86. The molecule has 4 atom stereocenters. The van der Waals surface area contributed by atoms with E-state index in [1.165, 1.54) is 63.3 Å². The van der Waals surface area contributed by atoms with E-state index in [1.807, 2.05) is 23.9 Å². The Labute approximate surface area is 232 Å². The highest BCUT2D eigenvalue weighted by molar-refractivity contribution is 7.99. The van der Waals surface area contributed by atoms with E-state index in [0.29, 0.717) is 41.8 Å². The average molecular weight is 540 g/mol. The number of nitrogens with one attached hydrogen (secondary N) is 1. The first-order valence-corrected chi connectivity index (χ1v) is 15.7. The molecule has 2 aliphatic carbocycles. The lowest BCUT2D eigenvalue weighted by Crippen LogP contribution is -2.53. The second-order valence-corrected chi connectivity index (χ2v) is 13.9. The van der Waals surface area contributed by atoms with Gasteiger partial charge in [-0.3, -0.25) is 19.3 Å². The molecule has 0 spiro atoms. The van der Waals surface area contributed by atoms with Crippen molar-refractivity contribution in [3.8, 4) is 0 Å². The Morgan fingerprint density at radius 1 is 1.03 bits per heavy atom. The summed E-state index contributed by atoms with van der Waals surface area (Å²) in [5.41, 5.74) is 2.70. The van der Waals surface area contributed by atoms with Crippen LogP contribution in [0.3, 0.4) is 0 Å². The second-order valence-electron chi connectivity index (χ2n) is 12.8. The molecule has 0 aromatic heterocycles. The molecule has 1 saturated heterocycles. The monoisotopic (exact) mass is 539 g/mol. The lowest BCUT2D eigenvalue weighted by molar-refractivity contribution is -0.150. The van der Waals surface area contributed by atoms with E-state index in [2.05, 4.69) is 32.2 Å². The van der Waals surface area contributed by atoms with Gasteiger partial charge in [0.15, 0.2) is 0 Å². The Bertz CT molecular complexity index is 1090. The number of nitrogens with zero attached hydrogens (tertiary/aromatic N) is 2. The van der Waals surface area contributed by atoms with Crippen molar-refractivity contribution in [2.45, 2.75) is 109 Å². The zero-order chi connectivity index (χ0) is 27.1. The molecule has 2 bridgehead atoms. The van der Waals surface area contributed by atoms with Gasteiger partial charge in [-0.25, -0.2) is 0 Å². The summed E-state index contributed by atoms with van der Waals surface area (Å²) in [6, 6.07) is 6.08. The Morgan fingerprint density at radius 3 is 2.53 bits per heavy atom. The molecule has 7 heteroatoms. The maximum atomic E-state index is 13.1. The molecule has 5 rings (SSSR count). The summed E-state index contributed by atoms with van der Waals surface area (Å²) >= 11 is 1.83. The Morgan fingerprint density at radius 2 is 1.79 bits per heavy atom. The molecule has 4 aliphatic rings. The molecular formula is C31H45N3O3S. The first kappa shape index (κ1) is 27.7. The molecule has 1 aromatic carbocycles. The lowest BCUT2D eigenvalue weighted by atomic mass is 9.69. The molecule has 1 N–H and O–H groups in total. The zero-order valence-electron chi connectivity index (χ0n) is 23.7. The van der Waals surface area contributed by atoms with Crippen LogP contribution >= 0.6 is 11.8 Å². The number of hydrogen-bond donors (Lipinski definition) is 1. The third-order valence-electron chi connectivity index (χ3n) is 10.7. The summed E-state index contributed by atoms with van der Waals surface area (Å²) in [5, 5.41) is 3.92. The van der Waals surface area contributed by atoms with Gasteiger partial charge in [0.25, 0.3) is 11.8 Å². The number of fused-ring (bicyclic) bond motifs is 3. The zero-order valence-corrected chi connectivity index (χ0v) is 24.5. The van der Waals surface area contributed by atoms with Crippen molar-refractivity contribution >= 4 is 29.5 Å². The van der Waals surface area contributed by atoms with E-state index in [9.17, 15) is 14.4 Å². The molecule has 2 saturated carbocycles. The van der Waals surface area contributed by atoms with Gasteiger partial charge in [-0.05, 0) is 85.3 Å². The number of benzene rings is 1. The van der Waals surface area contributed by atoms with Crippen molar-refractivity contribution in [1.29, 1.82) is 0 Å². The summed E-state index contributed by atoms with van der Waals surface area (Å²) in [7, 11) is 1.52. The van der Waals surface area contributed by atoms with Crippen molar-refractivity contribution in [2.24, 2.45) is 16.7 Å². The highest BCUT2D eigenvalue weighted by atomic mass is 32.2. The molecule has 2 heterocycles. The number of carbonyl (C=O) groups is 3. The Kier molecular flexibility index (Phi) is 7.99. The quantitative estimate of drug-likeness (QED) is 0.224. The molecule has 1 unspecified atom stereocenters. The van der Waals surface area contributed by atoms with Gasteiger partial charge in [0.2, 0.25) is 5.91 Å². The van der Waals surface area contributed by atoms with Crippen LogP contribution in [0.25, 0.3) is 0 Å². The van der Waals surface area contributed by atoms with E-state index in [4.69, 9.17) is 0 Å². The molecule has 3 fully saturated rings. The van der Waals surface area contributed by atoms with Gasteiger partial charge in [-0.2, -0.15) is 0 Å². The molecule has 6 nitrogen and oxygen atoms in total. The number of imide groups is 1. The van der Waals surface area contributed by atoms with Gasteiger partial charge in [0, 0.05) is 36.5 Å². The van der Waals surface area contributed by atoms with E-state index in [1.54, 1.807) is 4.90 Å². The molecule has 2 aliphatic heterocycles. The smallest absolute Gasteiger partial charge is 0.255 e. The molecular weight excluding hydrogens is 494 g/mol. The summed E-state index contributed by atoms with van der Waals surface area (Å²) in [6.07, 6.45) is 11.1. The summed E-state index contributed by atoms with van der Waals surface area (Å²) in [6.45, 7) is 9.09. The predicted octanol–water partition coefficient (Wildman–Crippen LogP) is 5.64. The average Bonchev–Trinajstić information content (AvgIpc) is 3.41. The standard InChI is InChI=1S/C31H45N3O3S/c1-30(2)21-15-16-31(30,3)26(19-21)32-17-8-6-5-7-9-18-38-25-12-10-11-22-23(25)20-34(28(22)36)24-13-14-27(35)33(4)29(24)37/h10-12,21,24,26,32H,5-9,13-20H2,1-4H3/t21-,24?,26+,31+/m1/s1. The number of hydrogen-bond acceptors (Lipinski definition) is 5. The van der Waals surface area contributed by atoms with Crippen LogP contribution in [0.1, 0.15) is 101 Å². The van der Waals surface area contributed by atoms with Gasteiger partial charge in [0.1, 0.15) is 6.04 Å². The lowest BCUT2D eigenvalue weighted by Gasteiger charge is -2.39. The van der Waals surface area contributed by atoms with Gasteiger partial charge < -0.3 is 10.2 Å². The van der Waals surface area contributed by atoms with Gasteiger partial charge in [0.05, 0.1) is 0 Å². The van der Waals surface area contributed by atoms with E-state index < -0.39 is 6.04 Å². The van der Waals surface area contributed by atoms with Crippen molar-refractivity contribution in [2.75, 3.05) is 19.3 Å². The number of likely N-dealkylation sites (tertiary alicyclic amines) is 1. The molecule has 1 aromatic rings. The maximum absolute atomic E-state index is 13.1. The van der Waals surface area contributed by atoms with Crippen LogP contribution in [0.15, 0.2) is 23.1 Å². The molecule has 3 amide bonds. The van der Waals surface area contributed by atoms with Crippen LogP contribution in [0, 0.1) is 16.7 Å². The number of thioether (sulfide) groups is 1. The molecule has 0 radical (unpaired) electrons. The minimum absolute atomic E-state index is 0.0832. The fraction of sp³-hybridized carbons (Fsp3) is 0.710. The summed E-state index contributed by atoms with van der Waals surface area (Å²) < 4.78 is 0. The first-order valence-electron chi connectivity index (χ1n) is 14.7. The van der Waals surface area contributed by atoms with Crippen molar-refractivity contribution in [3.05, 3.63) is 29.3 Å². The number of piperidine rings is 1. The highest BCUT2D eigenvalue weighted by Crippen LogP contribution is 2.65. The van der Waals surface area contributed by atoms with Crippen LogP contribution in [0.4, 0.5) is 0 Å². The third kappa shape index (κ3) is 4.83. The molecule has 38 heavy (non-hydrogen) atoms. The fourth-order valence-electron chi connectivity index (χ4n) is 7.63. The third-order valence-corrected chi connectivity index (χ3v) is 11.9. The van der Waals surface area contributed by atoms with E-state index >= 15 is 0 Å². The maximum Gasteiger partial charge on any atom is 0.255 e. The van der Waals surface area contributed by atoms with Gasteiger partial charge in [-0.15, -0.1) is 11.8 Å². The second kappa shape index (κ2) is 11.0. The largest absolute Gasteiger partial charge is 0.322 e. The number of rotatable bonds is 11. The van der Waals surface area contributed by atoms with Crippen LogP contribution in [-0.4, -0.2) is 59.0 Å². The van der Waals surface area contributed by atoms with Crippen LogP contribution < -0.4 is 5.32 Å². The van der Waals surface area contributed by atoms with Crippen LogP contribution in [0.5, 0.6) is 0 Å². The topological polar surface area (TPSA) is 69.7 Å². The SMILES string of the molecule is CN1C(=O)CCC(N2Cc3c(SCCCCCCCN[C@H]4C[C@H]5CC[C@]4(C)C5(C)C)cccc3C2=O)C1=O. The fourth-order valence-corrected chi connectivity index (χ4v) is 8.72. The van der Waals surface area contributed by atoms with Crippen LogP contribution in [0.2, 0.25) is 0 Å². The summed E-state index contributed by atoms with van der Waals surface area (Å²) in [4.78, 5) is 41.7. The highest BCUT2D eigenvalue weighted by Gasteiger charge is 2.60. The Balaban J connectivity index is 1.01. The predicted molar refractivity (Wildman–Crippen MR) is 152 cm³/mol. The molecule has 208 valence electrons. The van der Waals surface area contributed by atoms with Crippen molar-refractivity contribution in [3.63, 3.8) is 0 Å². The minimum Gasteiger partial charge on any atom is -0.322 e. The van der Waals surface area contributed by atoms with E-state index in [-0.39, 0.29) is 17.7 Å². The number of unbranched alkanes of at least 4 members (excludes halogenated alkanes) is 4. The van der Waals surface area contributed by atoms with Crippen LogP contribution in [-0.2, 0) is 16.1 Å². The first-order chi connectivity index (χ1) is 18.1. The normalized spacial score (nSPS) is 30.0. The number of carbonyl (C=O) groups excluding carboxylic acids is 3. The van der Waals surface area contributed by atoms with Crippen molar-refractivity contribution < 1.29 is 14.4 Å². The van der Waals surface area contributed by atoms with Gasteiger partial charge in [-0.1, -0.05) is 46.1 Å². The number of amides is 3. The number of likely N-dealkylation sites (N-methyl/N-ethyl adjacent to an activating group) is 1. The minimum atomic E-state index is -0.539. The summed E-state index contributed by atoms with van der Waals surface area (Å²) in [5.74, 6) is 1.43.